The summed E-state index contributed by atoms with van der Waals surface area (Å²) in [6, 6.07) is 8.34. The van der Waals surface area contributed by atoms with Crippen LogP contribution in [0, 0.1) is 12.7 Å². The van der Waals surface area contributed by atoms with Crippen molar-refractivity contribution in [2.24, 2.45) is 0 Å². The number of halogens is 2. The number of rotatable bonds is 11. The SMILES string of the molecule is BC(B)=Cc1cccc(F)c1-c1nc2c(cc1Cl)c(N(B)CCN(CCC)C(=O)C=C)nc(=O)n2-c1c(C)ccnc1C(C)C. The van der Waals surface area contributed by atoms with Crippen LogP contribution in [0.25, 0.3) is 34.1 Å². The van der Waals surface area contributed by atoms with Crippen LogP contribution in [0.4, 0.5) is 10.2 Å². The Balaban J connectivity index is 2.05. The number of aryl methyl sites for hydroxylation is 1. The largest absolute Gasteiger partial charge is 0.405 e. The van der Waals surface area contributed by atoms with Crippen LogP contribution >= 0.6 is 11.6 Å². The summed E-state index contributed by atoms with van der Waals surface area (Å²) < 4.78 is 17.0. The monoisotopic (exact) mass is 624 g/mol. The number of fused-ring (bicyclic) bond motifs is 1. The van der Waals surface area contributed by atoms with Crippen LogP contribution in [-0.4, -0.2) is 73.6 Å². The molecule has 13 heteroatoms. The summed E-state index contributed by atoms with van der Waals surface area (Å²) in [6.45, 7) is 12.9. The van der Waals surface area contributed by atoms with Crippen molar-refractivity contribution in [1.82, 2.24) is 24.4 Å². The number of pyridine rings is 2. The number of hydrogen-bond donors (Lipinski definition) is 0. The van der Waals surface area contributed by atoms with Gasteiger partial charge in [-0.25, -0.2) is 18.7 Å². The smallest absolute Gasteiger partial charge is 0.355 e. The maximum Gasteiger partial charge on any atom is 0.355 e. The van der Waals surface area contributed by atoms with E-state index in [9.17, 15) is 9.59 Å². The minimum Gasteiger partial charge on any atom is -0.405 e. The van der Waals surface area contributed by atoms with Crippen LogP contribution < -0.4 is 10.5 Å². The number of hydrogen-bond acceptors (Lipinski definition) is 6. The van der Waals surface area contributed by atoms with Crippen LogP contribution in [0.1, 0.15) is 49.9 Å². The lowest BCUT2D eigenvalue weighted by Gasteiger charge is -2.27. The third-order valence-corrected chi connectivity index (χ3v) is 7.79. The lowest BCUT2D eigenvalue weighted by Crippen LogP contribution is -2.39. The van der Waals surface area contributed by atoms with Crippen molar-refractivity contribution < 1.29 is 9.18 Å². The van der Waals surface area contributed by atoms with E-state index < -0.39 is 11.5 Å². The Bertz CT molecular complexity index is 1860. The van der Waals surface area contributed by atoms with Crippen molar-refractivity contribution in [3.05, 3.63) is 92.7 Å². The predicted octanol–water partition coefficient (Wildman–Crippen LogP) is 3.41. The summed E-state index contributed by atoms with van der Waals surface area (Å²) in [5.41, 5.74) is 2.87. The van der Waals surface area contributed by atoms with Gasteiger partial charge in [-0.05, 0) is 54.7 Å². The van der Waals surface area contributed by atoms with Gasteiger partial charge >= 0.3 is 5.69 Å². The zero-order chi connectivity index (χ0) is 33.0. The lowest BCUT2D eigenvalue weighted by atomic mass is 9.77. The second-order valence-corrected chi connectivity index (χ2v) is 12.0. The third kappa shape index (κ3) is 7.06. The molecule has 0 saturated heterocycles. The number of carbonyl (C=O) groups excluding carboxylic acids is 1. The second kappa shape index (κ2) is 14.3. The summed E-state index contributed by atoms with van der Waals surface area (Å²) in [6.07, 6.45) is 5.67. The van der Waals surface area contributed by atoms with Gasteiger partial charge in [-0.1, -0.05) is 57.2 Å². The third-order valence-electron chi connectivity index (χ3n) is 7.50. The van der Waals surface area contributed by atoms with Gasteiger partial charge in [-0.2, -0.15) is 4.98 Å². The Morgan fingerprint density at radius 3 is 2.56 bits per heavy atom. The molecule has 0 spiro atoms. The molecule has 4 rings (SSSR count). The number of anilines is 1. The first kappa shape index (κ1) is 33.7. The average Bonchev–Trinajstić information content (AvgIpc) is 2.98. The van der Waals surface area contributed by atoms with Crippen LogP contribution in [0.2, 0.25) is 5.02 Å². The van der Waals surface area contributed by atoms with Gasteiger partial charge in [0.05, 0.1) is 27.5 Å². The molecule has 4 aromatic rings. The molecule has 3 aromatic heterocycles. The number of nitrogens with zero attached hydrogens (tertiary/aromatic N) is 6. The normalized spacial score (nSPS) is 11.1. The fourth-order valence-electron chi connectivity index (χ4n) is 5.39. The Morgan fingerprint density at radius 1 is 1.18 bits per heavy atom. The minimum atomic E-state index is -0.561. The molecule has 0 unspecified atom stereocenters. The van der Waals surface area contributed by atoms with Gasteiger partial charge < -0.3 is 9.71 Å². The van der Waals surface area contributed by atoms with Gasteiger partial charge in [0.1, 0.15) is 27.3 Å². The van der Waals surface area contributed by atoms with Crippen molar-refractivity contribution >= 4 is 64.1 Å². The minimum absolute atomic E-state index is 0.0150. The molecule has 0 atom stereocenters. The maximum atomic E-state index is 15.6. The van der Waals surface area contributed by atoms with E-state index in [0.29, 0.717) is 47.8 Å². The molecule has 1 aromatic carbocycles. The Kier molecular flexibility index (Phi) is 10.7. The van der Waals surface area contributed by atoms with Crippen molar-refractivity contribution in [2.45, 2.75) is 40.0 Å². The molecule has 3 heterocycles. The fourth-order valence-corrected chi connectivity index (χ4v) is 5.63. The molecular weight excluding hydrogens is 587 g/mol. The average molecular weight is 625 g/mol. The van der Waals surface area contributed by atoms with Crippen LogP contribution in [0.3, 0.4) is 0 Å². The molecule has 1 amide bonds. The Hall–Kier alpha value is -4.18. The number of amides is 1. The van der Waals surface area contributed by atoms with E-state index in [-0.39, 0.29) is 33.8 Å². The standard InChI is InChI=1S/C32H37B3ClFN6O2/c1-6-13-41(25(44)7-2)14-15-42(35)30-21-17-22(36)28(26-20(16-24(33)34)9-8-10-23(26)37)39-31(21)43(32(45)40-30)29-19(5)11-12-38-27(29)18(3)4/h7-12,16-18H,2,6,13-15,33-35H2,1,3-5H3. The predicted molar refractivity (Wildman–Crippen MR) is 190 cm³/mol. The van der Waals surface area contributed by atoms with Crippen LogP contribution in [0.5, 0.6) is 0 Å². The highest BCUT2D eigenvalue weighted by molar-refractivity contribution is 6.50. The van der Waals surface area contributed by atoms with E-state index in [4.69, 9.17) is 16.6 Å². The molecule has 0 aliphatic rings. The molecule has 0 saturated carbocycles. The van der Waals surface area contributed by atoms with Crippen molar-refractivity contribution in [2.75, 3.05) is 24.4 Å². The van der Waals surface area contributed by atoms with Gasteiger partial charge in [0.2, 0.25) is 13.9 Å². The van der Waals surface area contributed by atoms with E-state index in [1.54, 1.807) is 37.3 Å². The zero-order valence-electron chi connectivity index (χ0n) is 27.0. The first-order valence-corrected chi connectivity index (χ1v) is 15.4. The van der Waals surface area contributed by atoms with Crippen molar-refractivity contribution in [1.29, 1.82) is 0 Å². The summed E-state index contributed by atoms with van der Waals surface area (Å²) in [4.78, 5) is 44.1. The highest BCUT2D eigenvalue weighted by atomic mass is 35.5. The van der Waals surface area contributed by atoms with E-state index in [1.807, 2.05) is 60.3 Å². The molecule has 0 aliphatic heterocycles. The molecule has 0 fully saturated rings. The van der Waals surface area contributed by atoms with E-state index in [0.717, 1.165) is 17.4 Å². The summed E-state index contributed by atoms with van der Waals surface area (Å²) in [7, 11) is 5.66. The molecule has 0 N–H and O–H groups in total. The molecule has 0 aliphatic carbocycles. The summed E-state index contributed by atoms with van der Waals surface area (Å²) in [5.74, 6) is -0.320. The second-order valence-electron chi connectivity index (χ2n) is 11.6. The Morgan fingerprint density at radius 2 is 1.91 bits per heavy atom. The first-order valence-electron chi connectivity index (χ1n) is 15.0. The van der Waals surface area contributed by atoms with Gasteiger partial charge in [-0.15, -0.1) is 5.37 Å². The lowest BCUT2D eigenvalue weighted by molar-refractivity contribution is -0.125. The number of aromatic nitrogens is 4. The van der Waals surface area contributed by atoms with Gasteiger partial charge in [0, 0.05) is 31.4 Å². The molecular formula is C32H37B3ClFN6O2. The maximum absolute atomic E-state index is 15.6. The number of benzene rings is 1. The van der Waals surface area contributed by atoms with Gasteiger partial charge in [-0.3, -0.25) is 9.78 Å². The van der Waals surface area contributed by atoms with E-state index in [2.05, 4.69) is 16.5 Å². The highest BCUT2D eigenvalue weighted by Crippen LogP contribution is 2.37. The quantitative estimate of drug-likeness (QED) is 0.188. The topological polar surface area (TPSA) is 84.2 Å². The first-order chi connectivity index (χ1) is 21.4. The Labute approximate surface area is 271 Å². The van der Waals surface area contributed by atoms with Crippen molar-refractivity contribution in [3.8, 4) is 16.9 Å². The summed E-state index contributed by atoms with van der Waals surface area (Å²) >= 11 is 6.92. The molecule has 230 valence electrons. The molecule has 8 nitrogen and oxygen atoms in total. The number of carbonyl (C=O) groups is 1. The molecule has 0 radical (unpaired) electrons. The van der Waals surface area contributed by atoms with E-state index >= 15 is 4.39 Å². The highest BCUT2D eigenvalue weighted by Gasteiger charge is 2.24. The summed E-state index contributed by atoms with van der Waals surface area (Å²) in [5, 5.41) is 1.68. The molecule has 45 heavy (non-hydrogen) atoms. The fraction of sp³-hybridized carbons (Fsp3) is 0.281. The van der Waals surface area contributed by atoms with Gasteiger partial charge in [0.25, 0.3) is 0 Å². The van der Waals surface area contributed by atoms with E-state index in [1.165, 1.54) is 16.7 Å². The van der Waals surface area contributed by atoms with Crippen LogP contribution in [-0.2, 0) is 4.79 Å². The van der Waals surface area contributed by atoms with Crippen molar-refractivity contribution in [3.63, 3.8) is 0 Å². The zero-order valence-corrected chi connectivity index (χ0v) is 27.7. The molecule has 0 bridgehead atoms. The van der Waals surface area contributed by atoms with Gasteiger partial charge in [0.15, 0.2) is 5.65 Å². The van der Waals surface area contributed by atoms with Crippen LogP contribution in [0.15, 0.2) is 59.3 Å².